The Morgan fingerprint density at radius 1 is 1.38 bits per heavy atom. The number of methoxy groups -OCH3 is 1. The van der Waals surface area contributed by atoms with E-state index in [0.717, 1.165) is 0 Å². The first kappa shape index (κ1) is 8.23. The number of carbonyl (C=O) groups excluding carboxylic acids is 1. The molecule has 68 valence electrons. The number of ketones is 1. The lowest BCUT2D eigenvalue weighted by molar-refractivity contribution is 0.0994. The lowest BCUT2D eigenvalue weighted by Gasteiger charge is -2.04. The Kier molecular flexibility index (Phi) is 1.79. The molecule has 1 aromatic rings. The van der Waals surface area contributed by atoms with Crippen LogP contribution in [0.15, 0.2) is 12.1 Å². The van der Waals surface area contributed by atoms with Crippen LogP contribution in [0.5, 0.6) is 5.75 Å². The molecular formula is C10H9FO2. The van der Waals surface area contributed by atoms with Gasteiger partial charge >= 0.3 is 0 Å². The van der Waals surface area contributed by atoms with E-state index in [9.17, 15) is 9.18 Å². The van der Waals surface area contributed by atoms with E-state index in [0.29, 0.717) is 24.0 Å². The Morgan fingerprint density at radius 2 is 2.15 bits per heavy atom. The minimum absolute atomic E-state index is 0.0246. The first-order valence-electron chi connectivity index (χ1n) is 4.12. The Bertz CT molecular complexity index is 371. The summed E-state index contributed by atoms with van der Waals surface area (Å²) in [5.41, 5.74) is 1.02. The van der Waals surface area contributed by atoms with Crippen LogP contribution in [0.25, 0.3) is 0 Å². The second kappa shape index (κ2) is 2.83. The summed E-state index contributed by atoms with van der Waals surface area (Å²) in [5.74, 6) is -0.143. The number of rotatable bonds is 1. The van der Waals surface area contributed by atoms with Crippen LogP contribution in [0, 0.1) is 5.82 Å². The molecule has 0 radical (unpaired) electrons. The lowest BCUT2D eigenvalue weighted by atomic mass is 10.1. The quantitative estimate of drug-likeness (QED) is 0.660. The lowest BCUT2D eigenvalue weighted by Crippen LogP contribution is -1.96. The third-order valence-electron chi connectivity index (χ3n) is 2.33. The summed E-state index contributed by atoms with van der Waals surface area (Å²) in [4.78, 5) is 11.2. The van der Waals surface area contributed by atoms with E-state index in [1.807, 2.05) is 0 Å². The molecule has 0 saturated heterocycles. The highest BCUT2D eigenvalue weighted by molar-refractivity contribution is 6.00. The summed E-state index contributed by atoms with van der Waals surface area (Å²) in [6.07, 6.45) is 0.913. The molecule has 0 N–H and O–H groups in total. The third-order valence-corrected chi connectivity index (χ3v) is 2.33. The molecule has 0 amide bonds. The number of ether oxygens (including phenoxy) is 1. The van der Waals surface area contributed by atoms with E-state index in [1.165, 1.54) is 13.2 Å². The van der Waals surface area contributed by atoms with Gasteiger partial charge in [-0.1, -0.05) is 0 Å². The van der Waals surface area contributed by atoms with Crippen LogP contribution in [0.3, 0.4) is 0 Å². The Balaban J connectivity index is 2.60. The monoisotopic (exact) mass is 180 g/mol. The average Bonchev–Trinajstić information content (AvgIpc) is 2.50. The summed E-state index contributed by atoms with van der Waals surface area (Å²) in [6.45, 7) is 0. The molecule has 0 aromatic heterocycles. The van der Waals surface area contributed by atoms with Gasteiger partial charge in [0, 0.05) is 17.5 Å². The molecule has 0 unspecified atom stereocenters. The van der Waals surface area contributed by atoms with Gasteiger partial charge in [0.1, 0.15) is 0 Å². The van der Waals surface area contributed by atoms with Gasteiger partial charge in [0.2, 0.25) is 0 Å². The largest absolute Gasteiger partial charge is 0.494 e. The smallest absolute Gasteiger partial charge is 0.168 e. The molecule has 0 saturated carbocycles. The number of benzene rings is 1. The normalized spacial score (nSPS) is 14.5. The van der Waals surface area contributed by atoms with E-state index in [-0.39, 0.29) is 17.3 Å². The molecule has 2 nitrogen and oxygen atoms in total. The van der Waals surface area contributed by atoms with Crippen LogP contribution in [0.1, 0.15) is 22.3 Å². The van der Waals surface area contributed by atoms with Gasteiger partial charge in [0.05, 0.1) is 7.11 Å². The van der Waals surface area contributed by atoms with Crippen molar-refractivity contribution < 1.29 is 13.9 Å². The zero-order chi connectivity index (χ0) is 9.42. The van der Waals surface area contributed by atoms with Crippen molar-refractivity contribution in [3.63, 3.8) is 0 Å². The van der Waals surface area contributed by atoms with Crippen molar-refractivity contribution in [2.75, 3.05) is 7.11 Å². The molecule has 0 heterocycles. The number of carbonyl (C=O) groups is 1. The van der Waals surface area contributed by atoms with Crippen LogP contribution in [-0.4, -0.2) is 12.9 Å². The summed E-state index contributed by atoms with van der Waals surface area (Å²) in [5, 5.41) is 0. The number of hydrogen-bond acceptors (Lipinski definition) is 2. The zero-order valence-corrected chi connectivity index (χ0v) is 7.26. The maximum atomic E-state index is 13.5. The van der Waals surface area contributed by atoms with Gasteiger partial charge in [-0.3, -0.25) is 4.79 Å². The van der Waals surface area contributed by atoms with E-state index in [2.05, 4.69) is 0 Å². The van der Waals surface area contributed by atoms with Gasteiger partial charge in [-0.05, 0) is 18.6 Å². The van der Waals surface area contributed by atoms with Crippen molar-refractivity contribution in [3.05, 3.63) is 29.1 Å². The first-order valence-corrected chi connectivity index (χ1v) is 4.12. The minimum atomic E-state index is -0.383. The molecular weight excluding hydrogens is 171 g/mol. The molecule has 0 spiro atoms. The van der Waals surface area contributed by atoms with Gasteiger partial charge in [-0.25, -0.2) is 4.39 Å². The molecule has 13 heavy (non-hydrogen) atoms. The van der Waals surface area contributed by atoms with Gasteiger partial charge in [0.15, 0.2) is 17.3 Å². The van der Waals surface area contributed by atoms with E-state index < -0.39 is 0 Å². The SMILES string of the molecule is COc1ccc2c(c1F)CCC2=O. The molecule has 0 aliphatic heterocycles. The second-order valence-corrected chi connectivity index (χ2v) is 3.03. The van der Waals surface area contributed by atoms with Crippen molar-refractivity contribution in [2.45, 2.75) is 12.8 Å². The third kappa shape index (κ3) is 1.11. The van der Waals surface area contributed by atoms with Crippen molar-refractivity contribution in [1.29, 1.82) is 0 Å². The highest BCUT2D eigenvalue weighted by Crippen LogP contribution is 2.29. The van der Waals surface area contributed by atoms with Gasteiger partial charge in [-0.15, -0.1) is 0 Å². The number of fused-ring (bicyclic) bond motifs is 1. The second-order valence-electron chi connectivity index (χ2n) is 3.03. The van der Waals surface area contributed by atoms with E-state index in [1.54, 1.807) is 6.07 Å². The maximum absolute atomic E-state index is 13.5. The Morgan fingerprint density at radius 3 is 2.85 bits per heavy atom. The van der Waals surface area contributed by atoms with Crippen LogP contribution >= 0.6 is 0 Å². The van der Waals surface area contributed by atoms with Crippen molar-refractivity contribution >= 4 is 5.78 Å². The molecule has 1 aliphatic rings. The van der Waals surface area contributed by atoms with Gasteiger partial charge < -0.3 is 4.74 Å². The van der Waals surface area contributed by atoms with Gasteiger partial charge in [-0.2, -0.15) is 0 Å². The van der Waals surface area contributed by atoms with Crippen molar-refractivity contribution in [1.82, 2.24) is 0 Å². The fourth-order valence-electron chi connectivity index (χ4n) is 1.64. The van der Waals surface area contributed by atoms with Crippen LogP contribution in [0.2, 0.25) is 0 Å². The Hall–Kier alpha value is -1.38. The van der Waals surface area contributed by atoms with Crippen LogP contribution < -0.4 is 4.74 Å². The first-order chi connectivity index (χ1) is 6.24. The van der Waals surface area contributed by atoms with E-state index in [4.69, 9.17) is 4.74 Å². The van der Waals surface area contributed by atoms with Crippen molar-refractivity contribution in [3.8, 4) is 5.75 Å². The molecule has 0 fully saturated rings. The fraction of sp³-hybridized carbons (Fsp3) is 0.300. The number of Topliss-reactive ketones (excluding diaryl/α,β-unsaturated/α-hetero) is 1. The molecule has 3 heteroatoms. The zero-order valence-electron chi connectivity index (χ0n) is 7.26. The number of halogens is 1. The summed E-state index contributed by atoms with van der Waals surface area (Å²) >= 11 is 0. The molecule has 1 aliphatic carbocycles. The highest BCUT2D eigenvalue weighted by Gasteiger charge is 2.24. The summed E-state index contributed by atoms with van der Waals surface area (Å²) in [6, 6.07) is 3.13. The topological polar surface area (TPSA) is 26.3 Å². The number of hydrogen-bond donors (Lipinski definition) is 0. The van der Waals surface area contributed by atoms with Crippen molar-refractivity contribution in [2.24, 2.45) is 0 Å². The highest BCUT2D eigenvalue weighted by atomic mass is 19.1. The van der Waals surface area contributed by atoms with Crippen LogP contribution in [-0.2, 0) is 6.42 Å². The molecule has 0 atom stereocenters. The standard InChI is InChI=1S/C10H9FO2/c1-13-9-5-3-6-7(10(9)11)2-4-8(6)12/h3,5H,2,4H2,1H3. The predicted octanol–water partition coefficient (Wildman–Crippen LogP) is 1.96. The van der Waals surface area contributed by atoms with Gasteiger partial charge in [0.25, 0.3) is 0 Å². The predicted molar refractivity (Wildman–Crippen MR) is 45.6 cm³/mol. The summed E-state index contributed by atoms with van der Waals surface area (Å²) in [7, 11) is 1.42. The molecule has 0 bridgehead atoms. The molecule has 2 rings (SSSR count). The molecule has 1 aromatic carbocycles. The van der Waals surface area contributed by atoms with E-state index >= 15 is 0 Å². The fourth-order valence-corrected chi connectivity index (χ4v) is 1.64. The minimum Gasteiger partial charge on any atom is -0.494 e. The average molecular weight is 180 g/mol. The maximum Gasteiger partial charge on any atom is 0.168 e. The van der Waals surface area contributed by atoms with Crippen LogP contribution in [0.4, 0.5) is 4.39 Å². The summed E-state index contributed by atoms with van der Waals surface area (Å²) < 4.78 is 18.3. The Labute approximate surface area is 75.3 Å².